The highest BCUT2D eigenvalue weighted by Gasteiger charge is 2.27. The maximum atomic E-state index is 6.09. The van der Waals surface area contributed by atoms with Gasteiger partial charge >= 0.3 is 0 Å². The van der Waals surface area contributed by atoms with E-state index in [1.165, 1.54) is 5.56 Å². The summed E-state index contributed by atoms with van der Waals surface area (Å²) in [5, 5.41) is 3.86. The van der Waals surface area contributed by atoms with Crippen molar-refractivity contribution in [2.75, 3.05) is 5.32 Å². The molecule has 1 aliphatic carbocycles. The fourth-order valence-electron chi connectivity index (χ4n) is 2.14. The lowest BCUT2D eigenvalue weighted by Crippen LogP contribution is -2.01. The molecule has 2 aromatic rings. The van der Waals surface area contributed by atoms with Crippen LogP contribution in [0.5, 0.6) is 0 Å². The van der Waals surface area contributed by atoms with Crippen molar-refractivity contribution >= 4 is 39.0 Å². The molecule has 0 amide bonds. The molecule has 1 aromatic carbocycles. The fraction of sp³-hybridized carbons (Fsp3) is 0.333. The molecule has 0 saturated heterocycles. The van der Waals surface area contributed by atoms with Crippen molar-refractivity contribution in [1.82, 2.24) is 9.97 Å². The predicted octanol–water partition coefficient (Wildman–Crippen LogP) is 5.08. The van der Waals surface area contributed by atoms with Gasteiger partial charge < -0.3 is 5.32 Å². The van der Waals surface area contributed by atoms with Crippen LogP contribution >= 0.6 is 27.5 Å². The van der Waals surface area contributed by atoms with Gasteiger partial charge in [0.05, 0.1) is 0 Å². The summed E-state index contributed by atoms with van der Waals surface area (Å²) in [4.78, 5) is 8.87. The van der Waals surface area contributed by atoms with E-state index in [4.69, 9.17) is 11.6 Å². The Kier molecular flexibility index (Phi) is 3.94. The van der Waals surface area contributed by atoms with E-state index in [9.17, 15) is 0 Å². The molecule has 1 aliphatic rings. The number of nitrogens with zero attached hydrogens (tertiary/aromatic N) is 2. The van der Waals surface area contributed by atoms with Crippen LogP contribution in [-0.4, -0.2) is 9.97 Å². The van der Waals surface area contributed by atoms with Crippen LogP contribution in [0.15, 0.2) is 28.7 Å². The Balaban J connectivity index is 1.90. The highest BCUT2D eigenvalue weighted by Crippen LogP contribution is 2.39. The van der Waals surface area contributed by atoms with Gasteiger partial charge in [-0.25, -0.2) is 9.97 Å². The molecule has 0 radical (unpaired) electrons. The summed E-state index contributed by atoms with van der Waals surface area (Å²) in [6, 6.07) is 7.96. The molecule has 1 aromatic heterocycles. The zero-order chi connectivity index (χ0) is 14.1. The molecule has 20 heavy (non-hydrogen) atoms. The van der Waals surface area contributed by atoms with Crippen molar-refractivity contribution in [3.05, 3.63) is 45.3 Å². The van der Waals surface area contributed by atoms with Gasteiger partial charge in [-0.2, -0.15) is 0 Å². The summed E-state index contributed by atoms with van der Waals surface area (Å²) in [6.07, 6.45) is 3.28. The molecule has 1 saturated carbocycles. The van der Waals surface area contributed by atoms with Crippen LogP contribution in [0.1, 0.15) is 37.1 Å². The van der Waals surface area contributed by atoms with Gasteiger partial charge in [0.25, 0.3) is 0 Å². The van der Waals surface area contributed by atoms with Gasteiger partial charge in [0.15, 0.2) is 0 Å². The summed E-state index contributed by atoms with van der Waals surface area (Å²) >= 11 is 9.59. The van der Waals surface area contributed by atoms with E-state index in [0.29, 0.717) is 11.1 Å². The second kappa shape index (κ2) is 5.70. The molecule has 0 atom stereocenters. The van der Waals surface area contributed by atoms with Gasteiger partial charge in [0.1, 0.15) is 16.8 Å². The minimum Gasteiger partial charge on any atom is -0.340 e. The molecule has 104 valence electrons. The third-order valence-electron chi connectivity index (χ3n) is 3.37. The van der Waals surface area contributed by atoms with Gasteiger partial charge in [-0.3, -0.25) is 0 Å². The van der Waals surface area contributed by atoms with E-state index in [-0.39, 0.29) is 0 Å². The summed E-state index contributed by atoms with van der Waals surface area (Å²) in [5.74, 6) is 2.11. The Morgan fingerprint density at radius 1 is 1.30 bits per heavy atom. The van der Waals surface area contributed by atoms with Crippen LogP contribution in [0.25, 0.3) is 0 Å². The average molecular weight is 353 g/mol. The van der Waals surface area contributed by atoms with Crippen molar-refractivity contribution in [3.8, 4) is 0 Å². The molecule has 0 bridgehead atoms. The molecule has 0 spiro atoms. The normalized spacial score (nSPS) is 14.3. The number of hydrogen-bond donors (Lipinski definition) is 1. The number of rotatable bonds is 4. The molecular formula is C15H15BrClN3. The Hall–Kier alpha value is -1.13. The maximum absolute atomic E-state index is 6.09. The second-order valence-electron chi connectivity index (χ2n) is 4.99. The zero-order valence-electron chi connectivity index (χ0n) is 11.2. The number of halogens is 2. The third kappa shape index (κ3) is 3.13. The van der Waals surface area contributed by atoms with Crippen LogP contribution in [0, 0.1) is 0 Å². The first-order chi connectivity index (χ1) is 9.65. The summed E-state index contributed by atoms with van der Waals surface area (Å²) in [5.41, 5.74) is 2.30. The fourth-order valence-corrected chi connectivity index (χ4v) is 2.74. The Labute approximate surface area is 131 Å². The average Bonchev–Trinajstić information content (AvgIpc) is 3.24. The maximum Gasteiger partial charge on any atom is 0.135 e. The molecule has 0 unspecified atom stereocenters. The van der Waals surface area contributed by atoms with Crippen molar-refractivity contribution in [2.45, 2.75) is 32.1 Å². The Morgan fingerprint density at radius 3 is 2.80 bits per heavy atom. The lowest BCUT2D eigenvalue weighted by Gasteiger charge is -2.12. The minimum absolute atomic E-state index is 0.491. The SMILES string of the molecule is CCc1cc(Br)ccc1Nc1cc(Cl)nc(C2CC2)n1. The van der Waals surface area contributed by atoms with Gasteiger partial charge in [0, 0.05) is 22.1 Å². The Bertz CT molecular complexity index is 641. The summed E-state index contributed by atoms with van der Waals surface area (Å²) in [7, 11) is 0. The van der Waals surface area contributed by atoms with Gasteiger partial charge in [-0.15, -0.1) is 0 Å². The first-order valence-corrected chi connectivity index (χ1v) is 7.92. The summed E-state index contributed by atoms with van der Waals surface area (Å²) in [6.45, 7) is 2.13. The van der Waals surface area contributed by atoms with Crippen LogP contribution in [0.4, 0.5) is 11.5 Å². The molecular weight excluding hydrogens is 338 g/mol. The Morgan fingerprint density at radius 2 is 2.10 bits per heavy atom. The second-order valence-corrected chi connectivity index (χ2v) is 6.29. The van der Waals surface area contributed by atoms with E-state index in [2.05, 4.69) is 50.3 Å². The predicted molar refractivity (Wildman–Crippen MR) is 85.8 cm³/mol. The lowest BCUT2D eigenvalue weighted by atomic mass is 10.1. The van der Waals surface area contributed by atoms with Crippen LogP contribution in [-0.2, 0) is 6.42 Å². The number of benzene rings is 1. The van der Waals surface area contributed by atoms with E-state index >= 15 is 0 Å². The highest BCUT2D eigenvalue weighted by molar-refractivity contribution is 9.10. The number of hydrogen-bond acceptors (Lipinski definition) is 3. The standard InChI is InChI=1S/C15H15BrClN3/c1-2-9-7-11(16)5-6-12(9)18-14-8-13(17)19-15(20-14)10-3-4-10/h5-8,10H,2-4H2,1H3,(H,18,19,20). The number of aromatic nitrogens is 2. The number of aryl methyl sites for hydroxylation is 1. The number of nitrogens with one attached hydrogen (secondary N) is 1. The quantitative estimate of drug-likeness (QED) is 0.780. The molecule has 3 nitrogen and oxygen atoms in total. The van der Waals surface area contributed by atoms with Gasteiger partial charge in [-0.1, -0.05) is 34.5 Å². The molecule has 0 aliphatic heterocycles. The molecule has 1 heterocycles. The van der Waals surface area contributed by atoms with Crippen LogP contribution in [0.2, 0.25) is 5.15 Å². The van der Waals surface area contributed by atoms with Crippen molar-refractivity contribution in [1.29, 1.82) is 0 Å². The first kappa shape index (κ1) is 13.8. The smallest absolute Gasteiger partial charge is 0.135 e. The van der Waals surface area contributed by atoms with Gasteiger partial charge in [-0.05, 0) is 43.0 Å². The van der Waals surface area contributed by atoms with Gasteiger partial charge in [0.2, 0.25) is 0 Å². The van der Waals surface area contributed by atoms with E-state index < -0.39 is 0 Å². The lowest BCUT2D eigenvalue weighted by molar-refractivity contribution is 0.930. The van der Waals surface area contributed by atoms with E-state index in [1.807, 2.05) is 6.07 Å². The first-order valence-electron chi connectivity index (χ1n) is 6.75. The van der Waals surface area contributed by atoms with E-state index in [0.717, 1.165) is 41.1 Å². The minimum atomic E-state index is 0.491. The highest BCUT2D eigenvalue weighted by atomic mass is 79.9. The number of anilines is 2. The van der Waals surface area contributed by atoms with Crippen molar-refractivity contribution < 1.29 is 0 Å². The monoisotopic (exact) mass is 351 g/mol. The van der Waals surface area contributed by atoms with Crippen LogP contribution in [0.3, 0.4) is 0 Å². The third-order valence-corrected chi connectivity index (χ3v) is 4.05. The van der Waals surface area contributed by atoms with E-state index in [1.54, 1.807) is 6.07 Å². The zero-order valence-corrected chi connectivity index (χ0v) is 13.5. The molecule has 1 fully saturated rings. The molecule has 5 heteroatoms. The molecule has 3 rings (SSSR count). The largest absolute Gasteiger partial charge is 0.340 e. The van der Waals surface area contributed by atoms with Crippen LogP contribution < -0.4 is 5.32 Å². The van der Waals surface area contributed by atoms with Crippen molar-refractivity contribution in [3.63, 3.8) is 0 Å². The van der Waals surface area contributed by atoms with Crippen molar-refractivity contribution in [2.24, 2.45) is 0 Å². The molecule has 1 N–H and O–H groups in total. The summed E-state index contributed by atoms with van der Waals surface area (Å²) < 4.78 is 1.08. The topological polar surface area (TPSA) is 37.8 Å².